The average Bonchev–Trinajstić information content (AvgIpc) is 3.09. The third kappa shape index (κ3) is 3.12. The van der Waals surface area contributed by atoms with Crippen molar-refractivity contribution >= 4 is 10.9 Å². The molecule has 0 saturated carbocycles. The summed E-state index contributed by atoms with van der Waals surface area (Å²) in [5.74, 6) is 0.939. The summed E-state index contributed by atoms with van der Waals surface area (Å²) in [6, 6.07) is 10.6. The lowest BCUT2D eigenvalue weighted by Gasteiger charge is -2.23. The van der Waals surface area contributed by atoms with E-state index in [2.05, 4.69) is 10.2 Å². The van der Waals surface area contributed by atoms with Gasteiger partial charge in [0.2, 0.25) is 0 Å². The maximum absolute atomic E-state index is 13.8. The van der Waals surface area contributed by atoms with Crippen molar-refractivity contribution in [3.8, 4) is 16.9 Å². The Morgan fingerprint density at radius 3 is 2.92 bits per heavy atom. The maximum Gasteiger partial charge on any atom is 0.127 e. The van der Waals surface area contributed by atoms with Crippen molar-refractivity contribution in [2.75, 3.05) is 19.8 Å². The number of nitrogens with zero attached hydrogens (tertiary/aromatic N) is 1. The van der Waals surface area contributed by atoms with Crippen LogP contribution in [0.25, 0.3) is 22.0 Å². The van der Waals surface area contributed by atoms with Gasteiger partial charge in [0, 0.05) is 24.2 Å². The first-order chi connectivity index (χ1) is 11.8. The number of aromatic amines is 1. The normalized spacial score (nSPS) is 15.7. The van der Waals surface area contributed by atoms with Gasteiger partial charge >= 0.3 is 0 Å². The molecule has 2 heterocycles. The lowest BCUT2D eigenvalue weighted by atomic mass is 10.0. The number of hydrogen-bond donors (Lipinski definition) is 1. The fourth-order valence-corrected chi connectivity index (χ4v) is 3.08. The number of fused-ring (bicyclic) bond motifs is 1. The van der Waals surface area contributed by atoms with Crippen LogP contribution < -0.4 is 4.74 Å². The largest absolute Gasteiger partial charge is 0.493 e. The van der Waals surface area contributed by atoms with Gasteiger partial charge in [-0.15, -0.1) is 0 Å². The molecule has 4 rings (SSSR count). The van der Waals surface area contributed by atoms with Crippen molar-refractivity contribution in [2.45, 2.75) is 12.8 Å². The highest BCUT2D eigenvalue weighted by atomic mass is 19.1. The number of ether oxygens (including phenoxy) is 2. The summed E-state index contributed by atoms with van der Waals surface area (Å²) in [5, 5.41) is 7.95. The first-order valence-electron chi connectivity index (χ1n) is 8.23. The first-order valence-corrected chi connectivity index (χ1v) is 8.23. The predicted octanol–water partition coefficient (Wildman–Crippen LogP) is 4.17. The van der Waals surface area contributed by atoms with Crippen LogP contribution in [-0.2, 0) is 4.74 Å². The van der Waals surface area contributed by atoms with Crippen LogP contribution in [0, 0.1) is 11.7 Å². The molecular weight excluding hydrogens is 307 g/mol. The van der Waals surface area contributed by atoms with E-state index in [9.17, 15) is 4.39 Å². The summed E-state index contributed by atoms with van der Waals surface area (Å²) in [7, 11) is 0. The minimum atomic E-state index is -0.268. The quantitative estimate of drug-likeness (QED) is 0.782. The van der Waals surface area contributed by atoms with Gasteiger partial charge in [0.1, 0.15) is 11.6 Å². The molecule has 1 aromatic heterocycles. The molecule has 1 fully saturated rings. The third-order valence-corrected chi connectivity index (χ3v) is 4.51. The molecule has 1 aliphatic heterocycles. The van der Waals surface area contributed by atoms with Gasteiger partial charge in [-0.1, -0.05) is 6.07 Å². The predicted molar refractivity (Wildman–Crippen MR) is 90.5 cm³/mol. The van der Waals surface area contributed by atoms with Gasteiger partial charge in [0.25, 0.3) is 0 Å². The Kier molecular flexibility index (Phi) is 4.17. The maximum atomic E-state index is 13.8. The number of nitrogens with one attached hydrogen (secondary N) is 1. The molecule has 24 heavy (non-hydrogen) atoms. The Morgan fingerprint density at radius 1 is 1.17 bits per heavy atom. The molecule has 0 spiro atoms. The Bertz CT molecular complexity index is 840. The standard InChI is InChI=1S/C19H19FN2O2/c20-16-2-4-19(24-12-13-5-7-23-8-6-13)17(10-16)14-1-3-18-15(9-14)11-21-22-18/h1-4,9-11,13H,5-8,12H2,(H,21,22). The topological polar surface area (TPSA) is 47.1 Å². The number of H-pyrrole nitrogens is 1. The molecule has 0 radical (unpaired) electrons. The zero-order valence-electron chi connectivity index (χ0n) is 13.3. The lowest BCUT2D eigenvalue weighted by molar-refractivity contribution is 0.0498. The van der Waals surface area contributed by atoms with Crippen molar-refractivity contribution in [1.82, 2.24) is 10.2 Å². The monoisotopic (exact) mass is 326 g/mol. The van der Waals surface area contributed by atoms with Crippen molar-refractivity contribution in [3.05, 3.63) is 48.4 Å². The number of rotatable bonds is 4. The summed E-state index contributed by atoms with van der Waals surface area (Å²) in [4.78, 5) is 0. The SMILES string of the molecule is Fc1ccc(OCC2CCOCC2)c(-c2ccc3[nH]ncc3c2)c1. The van der Waals surface area contributed by atoms with Gasteiger partial charge in [-0.25, -0.2) is 4.39 Å². The Labute approximate surface area is 139 Å². The van der Waals surface area contributed by atoms with E-state index in [1.165, 1.54) is 12.1 Å². The highest BCUT2D eigenvalue weighted by molar-refractivity contribution is 5.85. The summed E-state index contributed by atoms with van der Waals surface area (Å²) < 4.78 is 25.2. The van der Waals surface area contributed by atoms with E-state index >= 15 is 0 Å². The second-order valence-corrected chi connectivity index (χ2v) is 6.18. The second kappa shape index (κ2) is 6.61. The highest BCUT2D eigenvalue weighted by Gasteiger charge is 2.16. The minimum absolute atomic E-state index is 0.268. The average molecular weight is 326 g/mol. The molecule has 124 valence electrons. The van der Waals surface area contributed by atoms with Crippen molar-refractivity contribution in [1.29, 1.82) is 0 Å². The van der Waals surface area contributed by atoms with E-state index in [-0.39, 0.29) is 5.82 Å². The molecule has 5 heteroatoms. The molecule has 2 aromatic carbocycles. The number of benzene rings is 2. The van der Waals surface area contributed by atoms with Crippen LogP contribution in [0.4, 0.5) is 4.39 Å². The molecule has 4 nitrogen and oxygen atoms in total. The summed E-state index contributed by atoms with van der Waals surface area (Å²) in [6.07, 6.45) is 3.79. The highest BCUT2D eigenvalue weighted by Crippen LogP contribution is 2.33. The first kappa shape index (κ1) is 15.1. The molecule has 1 aliphatic rings. The molecule has 1 N–H and O–H groups in total. The molecule has 0 amide bonds. The Balaban J connectivity index is 1.62. The molecule has 0 unspecified atom stereocenters. The third-order valence-electron chi connectivity index (χ3n) is 4.51. The van der Waals surface area contributed by atoms with Gasteiger partial charge < -0.3 is 9.47 Å². The van der Waals surface area contributed by atoms with Gasteiger partial charge in [-0.3, -0.25) is 5.10 Å². The van der Waals surface area contributed by atoms with E-state index in [1.54, 1.807) is 12.3 Å². The van der Waals surface area contributed by atoms with E-state index in [0.29, 0.717) is 18.3 Å². The zero-order chi connectivity index (χ0) is 16.4. The molecule has 1 saturated heterocycles. The minimum Gasteiger partial charge on any atom is -0.493 e. The summed E-state index contributed by atoms with van der Waals surface area (Å²) in [5.41, 5.74) is 2.65. The number of hydrogen-bond acceptors (Lipinski definition) is 3. The van der Waals surface area contributed by atoms with E-state index in [0.717, 1.165) is 48.1 Å². The van der Waals surface area contributed by atoms with Crippen LogP contribution in [-0.4, -0.2) is 30.0 Å². The van der Waals surface area contributed by atoms with E-state index in [1.807, 2.05) is 18.2 Å². The van der Waals surface area contributed by atoms with Crippen LogP contribution in [0.3, 0.4) is 0 Å². The molecular formula is C19H19FN2O2. The summed E-state index contributed by atoms with van der Waals surface area (Å²) in [6.45, 7) is 2.22. The Hall–Kier alpha value is -2.40. The van der Waals surface area contributed by atoms with E-state index < -0.39 is 0 Å². The molecule has 3 aromatic rings. The van der Waals surface area contributed by atoms with Crippen LogP contribution in [0.2, 0.25) is 0 Å². The Morgan fingerprint density at radius 2 is 2.04 bits per heavy atom. The number of aromatic nitrogens is 2. The zero-order valence-corrected chi connectivity index (χ0v) is 13.3. The fraction of sp³-hybridized carbons (Fsp3) is 0.316. The fourth-order valence-electron chi connectivity index (χ4n) is 3.08. The van der Waals surface area contributed by atoms with Gasteiger partial charge in [0.05, 0.1) is 18.3 Å². The van der Waals surface area contributed by atoms with Crippen LogP contribution in [0.15, 0.2) is 42.6 Å². The van der Waals surface area contributed by atoms with Gasteiger partial charge in [0.15, 0.2) is 0 Å². The van der Waals surface area contributed by atoms with Crippen molar-refractivity contribution in [3.63, 3.8) is 0 Å². The number of halogens is 1. The van der Waals surface area contributed by atoms with Gasteiger partial charge in [-0.2, -0.15) is 5.10 Å². The summed E-state index contributed by atoms with van der Waals surface area (Å²) >= 11 is 0. The smallest absolute Gasteiger partial charge is 0.127 e. The van der Waals surface area contributed by atoms with Crippen LogP contribution in [0.1, 0.15) is 12.8 Å². The molecule has 0 atom stereocenters. The molecule has 0 bridgehead atoms. The van der Waals surface area contributed by atoms with Gasteiger partial charge in [-0.05, 0) is 54.7 Å². The van der Waals surface area contributed by atoms with Crippen LogP contribution >= 0.6 is 0 Å². The van der Waals surface area contributed by atoms with E-state index in [4.69, 9.17) is 9.47 Å². The van der Waals surface area contributed by atoms with Crippen LogP contribution in [0.5, 0.6) is 5.75 Å². The van der Waals surface area contributed by atoms with Crippen molar-refractivity contribution < 1.29 is 13.9 Å². The van der Waals surface area contributed by atoms with Crippen molar-refractivity contribution in [2.24, 2.45) is 5.92 Å². The molecule has 0 aliphatic carbocycles. The lowest BCUT2D eigenvalue weighted by Crippen LogP contribution is -2.21. The second-order valence-electron chi connectivity index (χ2n) is 6.18.